The lowest BCUT2D eigenvalue weighted by Crippen LogP contribution is -1.85. The SMILES string of the molecule is Clc1ccc(-c2ccsc2Cl)nn1. The quantitative estimate of drug-likeness (QED) is 0.750. The van der Waals surface area contributed by atoms with Gasteiger partial charge in [-0.1, -0.05) is 23.2 Å². The number of aromatic nitrogens is 2. The second-order valence-corrected chi connectivity index (χ2v) is 4.25. The molecule has 0 spiro atoms. The maximum absolute atomic E-state index is 5.93. The predicted molar refractivity (Wildman–Crippen MR) is 55.4 cm³/mol. The molecule has 0 aliphatic carbocycles. The molecule has 0 N–H and O–H groups in total. The van der Waals surface area contributed by atoms with Crippen molar-refractivity contribution in [2.75, 3.05) is 0 Å². The third-order valence-electron chi connectivity index (χ3n) is 1.53. The summed E-state index contributed by atoms with van der Waals surface area (Å²) in [5.41, 5.74) is 1.64. The maximum atomic E-state index is 5.93. The Morgan fingerprint density at radius 1 is 1.08 bits per heavy atom. The van der Waals surface area contributed by atoms with Gasteiger partial charge in [-0.3, -0.25) is 0 Å². The van der Waals surface area contributed by atoms with E-state index in [0.29, 0.717) is 5.15 Å². The predicted octanol–water partition coefficient (Wildman–Crippen LogP) is 3.51. The lowest BCUT2D eigenvalue weighted by molar-refractivity contribution is 1.04. The van der Waals surface area contributed by atoms with Crippen molar-refractivity contribution in [1.82, 2.24) is 10.2 Å². The van der Waals surface area contributed by atoms with Crippen LogP contribution in [0, 0.1) is 0 Å². The van der Waals surface area contributed by atoms with Crippen LogP contribution in [0.1, 0.15) is 0 Å². The molecule has 2 nitrogen and oxygen atoms in total. The average molecular weight is 231 g/mol. The van der Waals surface area contributed by atoms with Crippen molar-refractivity contribution in [2.24, 2.45) is 0 Å². The smallest absolute Gasteiger partial charge is 0.149 e. The highest BCUT2D eigenvalue weighted by Crippen LogP contribution is 2.30. The van der Waals surface area contributed by atoms with Crippen molar-refractivity contribution in [1.29, 1.82) is 0 Å². The number of nitrogens with zero attached hydrogens (tertiary/aromatic N) is 2. The minimum atomic E-state index is 0.384. The molecule has 0 aromatic carbocycles. The van der Waals surface area contributed by atoms with Crippen molar-refractivity contribution in [3.63, 3.8) is 0 Å². The Bertz CT molecular complexity index is 410. The van der Waals surface area contributed by atoms with Gasteiger partial charge in [-0.05, 0) is 23.6 Å². The lowest BCUT2D eigenvalue weighted by atomic mass is 10.2. The van der Waals surface area contributed by atoms with Crippen LogP contribution in [0.4, 0.5) is 0 Å². The summed E-state index contributed by atoms with van der Waals surface area (Å²) < 4.78 is 0.719. The molecule has 0 fully saturated rings. The molecule has 0 amide bonds. The zero-order valence-corrected chi connectivity index (χ0v) is 8.70. The first-order valence-corrected chi connectivity index (χ1v) is 5.13. The van der Waals surface area contributed by atoms with E-state index in [2.05, 4.69) is 10.2 Å². The van der Waals surface area contributed by atoms with Gasteiger partial charge in [0, 0.05) is 5.56 Å². The average Bonchev–Trinajstić information content (AvgIpc) is 2.53. The lowest BCUT2D eigenvalue weighted by Gasteiger charge is -1.95. The molecule has 2 aromatic heterocycles. The van der Waals surface area contributed by atoms with E-state index in [4.69, 9.17) is 23.2 Å². The molecule has 0 saturated heterocycles. The summed E-state index contributed by atoms with van der Waals surface area (Å²) in [5, 5.41) is 9.95. The summed E-state index contributed by atoms with van der Waals surface area (Å²) in [4.78, 5) is 0. The van der Waals surface area contributed by atoms with Crippen molar-refractivity contribution in [2.45, 2.75) is 0 Å². The largest absolute Gasteiger partial charge is 0.151 e. The second kappa shape index (κ2) is 3.62. The van der Waals surface area contributed by atoms with Gasteiger partial charge in [-0.15, -0.1) is 21.5 Å². The van der Waals surface area contributed by atoms with E-state index in [1.807, 2.05) is 11.4 Å². The molecule has 2 heterocycles. The van der Waals surface area contributed by atoms with Crippen LogP contribution >= 0.6 is 34.5 Å². The molecular weight excluding hydrogens is 227 g/mol. The van der Waals surface area contributed by atoms with E-state index in [0.717, 1.165) is 15.6 Å². The van der Waals surface area contributed by atoms with Gasteiger partial charge < -0.3 is 0 Å². The van der Waals surface area contributed by atoms with E-state index in [-0.39, 0.29) is 0 Å². The molecule has 0 aliphatic heterocycles. The fraction of sp³-hybridized carbons (Fsp3) is 0. The molecule has 2 rings (SSSR count). The zero-order valence-electron chi connectivity index (χ0n) is 6.37. The molecular formula is C8H4Cl2N2S. The van der Waals surface area contributed by atoms with Gasteiger partial charge in [0.2, 0.25) is 0 Å². The van der Waals surface area contributed by atoms with Crippen LogP contribution in [-0.4, -0.2) is 10.2 Å². The van der Waals surface area contributed by atoms with Crippen LogP contribution in [0.2, 0.25) is 9.49 Å². The van der Waals surface area contributed by atoms with Gasteiger partial charge in [0.15, 0.2) is 5.15 Å². The Balaban J connectivity index is 2.47. The molecule has 0 bridgehead atoms. The molecule has 13 heavy (non-hydrogen) atoms. The van der Waals surface area contributed by atoms with Crippen LogP contribution in [-0.2, 0) is 0 Å². The Morgan fingerprint density at radius 3 is 2.46 bits per heavy atom. The van der Waals surface area contributed by atoms with Crippen LogP contribution in [0.5, 0.6) is 0 Å². The first-order chi connectivity index (χ1) is 6.27. The summed E-state index contributed by atoms with van der Waals surface area (Å²) in [6, 6.07) is 5.39. The molecule has 0 unspecified atom stereocenters. The fourth-order valence-corrected chi connectivity index (χ4v) is 1.97. The van der Waals surface area contributed by atoms with Gasteiger partial charge in [0.1, 0.15) is 4.34 Å². The highest BCUT2D eigenvalue weighted by Gasteiger charge is 2.05. The summed E-state index contributed by atoms with van der Waals surface area (Å²) in [6.07, 6.45) is 0. The zero-order chi connectivity index (χ0) is 9.26. The number of thiophene rings is 1. The molecule has 66 valence electrons. The maximum Gasteiger partial charge on any atom is 0.151 e. The first kappa shape index (κ1) is 8.94. The number of hydrogen-bond acceptors (Lipinski definition) is 3. The van der Waals surface area contributed by atoms with Gasteiger partial charge in [0.25, 0.3) is 0 Å². The monoisotopic (exact) mass is 230 g/mol. The molecule has 0 saturated carbocycles. The molecule has 0 atom stereocenters. The van der Waals surface area contributed by atoms with Crippen LogP contribution in [0.15, 0.2) is 23.6 Å². The number of hydrogen-bond donors (Lipinski definition) is 0. The van der Waals surface area contributed by atoms with Crippen molar-refractivity contribution < 1.29 is 0 Å². The number of halogens is 2. The molecule has 2 aromatic rings. The van der Waals surface area contributed by atoms with E-state index in [1.165, 1.54) is 11.3 Å². The minimum absolute atomic E-state index is 0.384. The van der Waals surface area contributed by atoms with Crippen LogP contribution in [0.3, 0.4) is 0 Å². The highest BCUT2D eigenvalue weighted by atomic mass is 35.5. The van der Waals surface area contributed by atoms with E-state index < -0.39 is 0 Å². The molecule has 0 aliphatic rings. The van der Waals surface area contributed by atoms with E-state index in [9.17, 15) is 0 Å². The van der Waals surface area contributed by atoms with Gasteiger partial charge in [-0.2, -0.15) is 0 Å². The van der Waals surface area contributed by atoms with Crippen molar-refractivity contribution in [3.8, 4) is 11.3 Å². The summed E-state index contributed by atoms with van der Waals surface area (Å²) in [5.74, 6) is 0. The van der Waals surface area contributed by atoms with Gasteiger partial charge >= 0.3 is 0 Å². The summed E-state index contributed by atoms with van der Waals surface area (Å²) in [6.45, 7) is 0. The number of rotatable bonds is 1. The van der Waals surface area contributed by atoms with E-state index in [1.54, 1.807) is 12.1 Å². The van der Waals surface area contributed by atoms with E-state index >= 15 is 0 Å². The minimum Gasteiger partial charge on any atom is -0.149 e. The third-order valence-corrected chi connectivity index (χ3v) is 2.90. The Kier molecular flexibility index (Phi) is 2.49. The van der Waals surface area contributed by atoms with Crippen LogP contribution < -0.4 is 0 Å². The second-order valence-electron chi connectivity index (χ2n) is 2.35. The third kappa shape index (κ3) is 1.82. The fourth-order valence-electron chi connectivity index (χ4n) is 0.937. The van der Waals surface area contributed by atoms with Crippen molar-refractivity contribution >= 4 is 34.5 Å². The summed E-state index contributed by atoms with van der Waals surface area (Å²) in [7, 11) is 0. The Hall–Kier alpha value is -0.640. The topological polar surface area (TPSA) is 25.8 Å². The van der Waals surface area contributed by atoms with Crippen molar-refractivity contribution in [3.05, 3.63) is 33.1 Å². The Labute approximate surface area is 89.1 Å². The van der Waals surface area contributed by atoms with Gasteiger partial charge in [-0.25, -0.2) is 0 Å². The van der Waals surface area contributed by atoms with Crippen LogP contribution in [0.25, 0.3) is 11.3 Å². The summed E-state index contributed by atoms with van der Waals surface area (Å²) >= 11 is 13.0. The normalized spacial score (nSPS) is 10.3. The molecule has 0 radical (unpaired) electrons. The van der Waals surface area contributed by atoms with Gasteiger partial charge in [0.05, 0.1) is 5.69 Å². The Morgan fingerprint density at radius 2 is 1.92 bits per heavy atom. The molecule has 5 heteroatoms. The standard InChI is InChI=1S/C8H4Cl2N2S/c9-7-2-1-6(11-12-7)5-3-4-13-8(5)10/h1-4H. The highest BCUT2D eigenvalue weighted by molar-refractivity contribution is 7.15. The first-order valence-electron chi connectivity index (χ1n) is 3.50.